The molecule has 1 saturated heterocycles. The van der Waals surface area contributed by atoms with Gasteiger partial charge in [0.2, 0.25) is 0 Å². The molecule has 0 bridgehead atoms. The van der Waals surface area contributed by atoms with E-state index < -0.39 is 5.97 Å². The summed E-state index contributed by atoms with van der Waals surface area (Å²) in [6.07, 6.45) is 1.78. The van der Waals surface area contributed by atoms with E-state index in [1.807, 2.05) is 20.0 Å². The van der Waals surface area contributed by atoms with Crippen LogP contribution in [0.1, 0.15) is 15.2 Å². The first-order valence-electron chi connectivity index (χ1n) is 8.12. The average molecular weight is 407 g/mol. The van der Waals surface area contributed by atoms with Gasteiger partial charge in [0.15, 0.2) is 0 Å². The van der Waals surface area contributed by atoms with Crippen LogP contribution in [0.3, 0.4) is 0 Å². The zero-order valence-electron chi connectivity index (χ0n) is 15.1. The summed E-state index contributed by atoms with van der Waals surface area (Å²) in [5.41, 5.74) is 0.958. The third kappa shape index (κ3) is 5.92. The number of hydrogen-bond acceptors (Lipinski definition) is 6. The number of carboxylic acid groups (broad SMARTS) is 1. The summed E-state index contributed by atoms with van der Waals surface area (Å²) < 4.78 is 11.3. The molecule has 0 aliphatic carbocycles. The molecule has 1 aromatic carbocycles. The number of thiazole rings is 1. The Hall–Kier alpha value is -0.670. The van der Waals surface area contributed by atoms with Gasteiger partial charge < -0.3 is 14.6 Å². The summed E-state index contributed by atoms with van der Waals surface area (Å²) in [5, 5.41) is 10.1. The van der Waals surface area contributed by atoms with Crippen LogP contribution >= 0.6 is 19.2 Å². The van der Waals surface area contributed by atoms with Crippen molar-refractivity contribution in [2.45, 2.75) is 13.0 Å². The summed E-state index contributed by atoms with van der Waals surface area (Å²) >= 11 is 2.31. The maximum absolute atomic E-state index is 11.4. The topological polar surface area (TPSA) is 71.9 Å². The molecule has 2 aromatic rings. The molecule has 26 heavy (non-hydrogen) atoms. The van der Waals surface area contributed by atoms with Gasteiger partial charge in [0.1, 0.15) is 17.4 Å². The maximum atomic E-state index is 11.4. The SMILES string of the molecule is Cc1cnc(-c2cc(OC[C@H]3COCCN3C)cc(C(=O)O)c2)s1.[Na][Cl]. The molecule has 6 nitrogen and oxygen atoms in total. The van der Waals surface area contributed by atoms with Crippen molar-refractivity contribution in [3.05, 3.63) is 34.8 Å². The number of likely N-dealkylation sites (N-methyl/N-ethyl adjacent to an activating group) is 1. The van der Waals surface area contributed by atoms with Gasteiger partial charge in [0.25, 0.3) is 0 Å². The van der Waals surface area contributed by atoms with Gasteiger partial charge in [0.05, 0.1) is 24.8 Å². The number of aromatic carboxylic acids is 1. The summed E-state index contributed by atoms with van der Waals surface area (Å²) in [6, 6.07) is 5.19. The molecule has 1 aliphatic rings. The monoisotopic (exact) mass is 406 g/mol. The number of halogens is 1. The molecule has 9 heteroatoms. The van der Waals surface area contributed by atoms with E-state index in [9.17, 15) is 9.90 Å². The van der Waals surface area contributed by atoms with Gasteiger partial charge in [-0.05, 0) is 32.2 Å². The minimum atomic E-state index is -0.979. The van der Waals surface area contributed by atoms with Crippen LogP contribution in [0, 0.1) is 6.92 Å². The number of aromatic nitrogens is 1. The number of aryl methyl sites for hydroxylation is 1. The van der Waals surface area contributed by atoms with Crippen molar-refractivity contribution >= 4 is 51.9 Å². The zero-order chi connectivity index (χ0) is 19.1. The first-order chi connectivity index (χ1) is 12.5. The van der Waals surface area contributed by atoms with Gasteiger partial charge >= 0.3 is 40.5 Å². The van der Waals surface area contributed by atoms with Crippen LogP contribution in [0.5, 0.6) is 5.75 Å². The van der Waals surface area contributed by atoms with Crippen molar-refractivity contribution in [2.75, 3.05) is 33.4 Å². The minimum absolute atomic E-state index is 0.165. The number of morpholine rings is 1. The fourth-order valence-corrected chi connectivity index (χ4v) is 3.27. The average Bonchev–Trinajstić information content (AvgIpc) is 3.09. The van der Waals surface area contributed by atoms with Crippen molar-refractivity contribution in [1.82, 2.24) is 9.88 Å². The van der Waals surface area contributed by atoms with Crippen LogP contribution in [-0.2, 0) is 4.74 Å². The van der Waals surface area contributed by atoms with E-state index in [1.165, 1.54) is 11.3 Å². The third-order valence-corrected chi connectivity index (χ3v) is 4.95. The number of ether oxygens (including phenoxy) is 2. The summed E-state index contributed by atoms with van der Waals surface area (Å²) in [5.74, 6) is -0.440. The molecule has 1 aliphatic heterocycles. The van der Waals surface area contributed by atoms with Crippen molar-refractivity contribution < 1.29 is 19.4 Å². The Morgan fingerprint density at radius 1 is 1.50 bits per heavy atom. The van der Waals surface area contributed by atoms with Crippen LogP contribution in [0.4, 0.5) is 0 Å². The Balaban J connectivity index is 0.00000117. The normalized spacial score (nSPS) is 17.3. The third-order valence-electron chi connectivity index (χ3n) is 3.99. The standard InChI is InChI=1S/C17H20N2O4S.ClH.Na/c1-11-8-18-16(24-11)12-5-13(17(20)21)7-15(6-12)23-10-14-9-22-4-3-19(14)2;;/h5-8,14H,3-4,9-10H2,1-2H3,(H,20,21);1H;/q;;+1/p-1/t14-;;/m1../s1. The van der Waals surface area contributed by atoms with Gasteiger partial charge in [-0.25, -0.2) is 9.78 Å². The van der Waals surface area contributed by atoms with Gasteiger partial charge in [-0.3, -0.25) is 4.90 Å². The van der Waals surface area contributed by atoms with Crippen LogP contribution in [0.25, 0.3) is 10.6 Å². The Labute approximate surface area is 177 Å². The molecule has 3 rings (SSSR count). The van der Waals surface area contributed by atoms with Crippen molar-refractivity contribution in [1.29, 1.82) is 0 Å². The number of rotatable bonds is 5. The van der Waals surface area contributed by atoms with E-state index in [1.54, 1.807) is 18.3 Å². The van der Waals surface area contributed by atoms with E-state index >= 15 is 0 Å². The number of carbonyl (C=O) groups is 1. The summed E-state index contributed by atoms with van der Waals surface area (Å²) in [7, 11) is 6.81. The van der Waals surface area contributed by atoms with E-state index in [0.717, 1.165) is 55.2 Å². The molecule has 136 valence electrons. The van der Waals surface area contributed by atoms with E-state index in [2.05, 4.69) is 9.88 Å². The Morgan fingerprint density at radius 2 is 2.27 bits per heavy atom. The molecule has 0 amide bonds. The van der Waals surface area contributed by atoms with E-state index in [4.69, 9.17) is 17.4 Å². The molecule has 0 radical (unpaired) electrons. The molecule has 1 fully saturated rings. The summed E-state index contributed by atoms with van der Waals surface area (Å²) in [6.45, 7) is 4.64. The number of nitrogens with zero attached hydrogens (tertiary/aromatic N) is 2. The van der Waals surface area contributed by atoms with Crippen LogP contribution in [0.2, 0.25) is 0 Å². The first-order valence-corrected chi connectivity index (χ1v) is 12.0. The quantitative estimate of drug-likeness (QED) is 0.770. The Morgan fingerprint density at radius 3 is 2.88 bits per heavy atom. The molecule has 0 saturated carbocycles. The van der Waals surface area contributed by atoms with Gasteiger partial charge in [0, 0.05) is 23.2 Å². The number of hydrogen-bond donors (Lipinski definition) is 1. The molecular formula is C17H20ClN2NaO4S. The predicted molar refractivity (Wildman–Crippen MR) is 104 cm³/mol. The number of carboxylic acids is 1. The summed E-state index contributed by atoms with van der Waals surface area (Å²) in [4.78, 5) is 19.0. The van der Waals surface area contributed by atoms with Crippen LogP contribution in [0.15, 0.2) is 24.4 Å². The number of benzene rings is 1. The molecule has 1 aromatic heterocycles. The fraction of sp³-hybridized carbons (Fsp3) is 0.412. The zero-order valence-corrected chi connectivity index (χ0v) is 18.6. The molecule has 1 atom stereocenters. The molecule has 1 N–H and O–H groups in total. The second-order valence-electron chi connectivity index (χ2n) is 5.85. The Kier molecular flexibility index (Phi) is 8.83. The van der Waals surface area contributed by atoms with Crippen molar-refractivity contribution in [2.24, 2.45) is 0 Å². The van der Waals surface area contributed by atoms with Crippen LogP contribution < -0.4 is 4.74 Å². The van der Waals surface area contributed by atoms with E-state index in [-0.39, 0.29) is 11.6 Å². The molecule has 0 spiro atoms. The predicted octanol–water partition coefficient (Wildman–Crippen LogP) is 2.83. The molecular weight excluding hydrogens is 387 g/mol. The van der Waals surface area contributed by atoms with Crippen LogP contribution in [-0.4, -0.2) is 87.1 Å². The second-order valence-corrected chi connectivity index (χ2v) is 7.08. The van der Waals surface area contributed by atoms with Gasteiger partial charge in [-0.15, -0.1) is 11.3 Å². The molecule has 2 heterocycles. The van der Waals surface area contributed by atoms with Crippen molar-refractivity contribution in [3.8, 4) is 16.3 Å². The van der Waals surface area contributed by atoms with Gasteiger partial charge in [-0.1, -0.05) is 0 Å². The van der Waals surface area contributed by atoms with Gasteiger partial charge in [-0.2, -0.15) is 0 Å². The second kappa shape index (κ2) is 10.6. The van der Waals surface area contributed by atoms with Crippen molar-refractivity contribution in [3.63, 3.8) is 0 Å². The first kappa shape index (κ1) is 21.6. The molecule has 0 unspecified atom stereocenters. The Bertz CT molecular complexity index is 743. The fourth-order valence-electron chi connectivity index (χ4n) is 2.52. The van der Waals surface area contributed by atoms with E-state index in [0.29, 0.717) is 19.0 Å².